The molecule has 3 fully saturated rings. The third-order valence-electron chi connectivity index (χ3n) is 9.64. The van der Waals surface area contributed by atoms with Crippen LogP contribution in [-0.2, 0) is 23.7 Å². The molecule has 0 bridgehead atoms. The topological polar surface area (TPSA) is 264 Å². The Morgan fingerprint density at radius 1 is 1.21 bits per heavy atom. The monoisotopic (exact) mass is 690 g/mol. The minimum atomic E-state index is -1.44. The quantitative estimate of drug-likeness (QED) is 0.0768. The molecule has 3 aliphatic heterocycles. The summed E-state index contributed by atoms with van der Waals surface area (Å²) in [6.45, 7) is 5.70. The van der Waals surface area contributed by atoms with E-state index in [0.29, 0.717) is 24.8 Å². The molecule has 1 saturated carbocycles. The number of amides is 1. The van der Waals surface area contributed by atoms with Crippen molar-refractivity contribution in [1.29, 1.82) is 0 Å². The number of rotatable bonds is 14. The van der Waals surface area contributed by atoms with Gasteiger partial charge >= 0.3 is 0 Å². The summed E-state index contributed by atoms with van der Waals surface area (Å²) in [7, 11) is 3.72. The Hall–Kier alpha value is -1.55. The van der Waals surface area contributed by atoms with Crippen molar-refractivity contribution in [2.45, 2.75) is 119 Å². The number of nitrogens with zero attached hydrogens (tertiary/aromatic N) is 1. The van der Waals surface area contributed by atoms with Crippen LogP contribution in [0.4, 0.5) is 0 Å². The highest BCUT2D eigenvalue weighted by Gasteiger charge is 2.52. The first-order chi connectivity index (χ1) is 22.4. The zero-order chi connectivity index (χ0) is 34.3. The van der Waals surface area contributed by atoms with Gasteiger partial charge in [0.25, 0.3) is 0 Å². The molecule has 48 heavy (non-hydrogen) atoms. The van der Waals surface area contributed by atoms with Crippen molar-refractivity contribution in [2.75, 3.05) is 60.0 Å². The molecular formula is C31H62N8O9. The molecule has 2 saturated heterocycles. The van der Waals surface area contributed by atoms with Gasteiger partial charge in [0.15, 0.2) is 6.29 Å². The summed E-state index contributed by atoms with van der Waals surface area (Å²) in [5, 5.41) is 56.0. The van der Waals surface area contributed by atoms with E-state index in [4.69, 9.17) is 36.1 Å². The molecule has 17 heteroatoms. The van der Waals surface area contributed by atoms with E-state index in [-0.39, 0.29) is 33.4 Å². The molecule has 1 amide bonds. The zero-order valence-electron chi connectivity index (χ0n) is 27.8. The highest BCUT2D eigenvalue weighted by molar-refractivity contribution is 5.80. The summed E-state index contributed by atoms with van der Waals surface area (Å²) in [6, 6.07) is -2.59. The van der Waals surface area contributed by atoms with Crippen LogP contribution in [0.3, 0.4) is 0 Å². The fourth-order valence-corrected chi connectivity index (χ4v) is 6.75. The maximum atomic E-state index is 12.8. The lowest BCUT2D eigenvalue weighted by Gasteiger charge is -2.48. The van der Waals surface area contributed by atoms with Crippen molar-refractivity contribution in [3.8, 4) is 0 Å². The Balaban J connectivity index is 0.00000625. The van der Waals surface area contributed by atoms with Crippen molar-refractivity contribution in [3.05, 3.63) is 11.8 Å². The number of carbonyl (C=O) groups is 1. The molecule has 4 rings (SSSR count). The summed E-state index contributed by atoms with van der Waals surface area (Å²) in [4.78, 5) is 15.1. The Morgan fingerprint density at radius 3 is 2.62 bits per heavy atom. The van der Waals surface area contributed by atoms with Gasteiger partial charge < -0.3 is 82.7 Å². The maximum Gasteiger partial charge on any atom is 0.249 e. The Kier molecular flexibility index (Phi) is 15.9. The molecule has 14 N–H and O–H groups in total. The molecule has 0 radical (unpaired) electrons. The van der Waals surface area contributed by atoms with Crippen molar-refractivity contribution < 1.29 is 44.2 Å². The fourth-order valence-electron chi connectivity index (χ4n) is 6.75. The minimum absolute atomic E-state index is 0. The van der Waals surface area contributed by atoms with E-state index < -0.39 is 78.8 Å². The first kappa shape index (κ1) is 40.9. The van der Waals surface area contributed by atoms with Crippen molar-refractivity contribution in [2.24, 2.45) is 17.2 Å². The standard InChI is InChI=1S/C30H58N8O9.CH4/c1-30(43)15-44-29(23(41)26(30)34-2)47-25-20(37-27(42)21(39)6-8-31)12-19(33)24(22(25)40)46-28-18(32)5-4-17(45-28)14-35-9-7-16-13-36-10-11-38(16)3;/h4,16,18-26,28-29,34-36,39-41,43H,5-15,31-33H2,1-3H3,(H,37,42);1H4/t16?,18-,19+,20-,21+,22+,23-,24-,25+,26-,28-,29-,30+;/m1./s1. The molecule has 1 aliphatic carbocycles. The number of aliphatic hydroxyl groups excluding tert-OH is 3. The third kappa shape index (κ3) is 10.3. The second-order valence-electron chi connectivity index (χ2n) is 13.5. The lowest BCUT2D eigenvalue weighted by atomic mass is 9.83. The first-order valence-electron chi connectivity index (χ1n) is 16.7. The van der Waals surface area contributed by atoms with Gasteiger partial charge in [-0.25, -0.2) is 0 Å². The lowest BCUT2D eigenvalue weighted by molar-refractivity contribution is -0.304. The van der Waals surface area contributed by atoms with E-state index in [0.717, 1.165) is 32.6 Å². The highest BCUT2D eigenvalue weighted by Crippen LogP contribution is 2.32. The average Bonchev–Trinajstić information content (AvgIpc) is 3.02. The average molecular weight is 691 g/mol. The smallest absolute Gasteiger partial charge is 0.249 e. The maximum absolute atomic E-state index is 12.8. The molecule has 0 spiro atoms. The molecule has 0 aromatic heterocycles. The predicted molar refractivity (Wildman–Crippen MR) is 178 cm³/mol. The van der Waals surface area contributed by atoms with E-state index in [2.05, 4.69) is 33.2 Å². The molecule has 0 aromatic carbocycles. The second kappa shape index (κ2) is 18.6. The van der Waals surface area contributed by atoms with Gasteiger partial charge in [-0.05, 0) is 65.9 Å². The van der Waals surface area contributed by atoms with Crippen molar-refractivity contribution >= 4 is 5.91 Å². The van der Waals surface area contributed by atoms with Crippen LogP contribution < -0.4 is 38.5 Å². The Morgan fingerprint density at radius 2 is 1.94 bits per heavy atom. The molecule has 4 aliphatic rings. The first-order valence-corrected chi connectivity index (χ1v) is 16.7. The van der Waals surface area contributed by atoms with Crippen molar-refractivity contribution in [1.82, 2.24) is 26.2 Å². The van der Waals surface area contributed by atoms with Crippen LogP contribution in [0.1, 0.15) is 40.0 Å². The molecule has 17 nitrogen and oxygen atoms in total. The van der Waals surface area contributed by atoms with Crippen LogP contribution >= 0.6 is 0 Å². The molecule has 3 heterocycles. The Bertz CT molecular complexity index is 1030. The van der Waals surface area contributed by atoms with Crippen LogP contribution in [0.15, 0.2) is 11.8 Å². The molecule has 1 unspecified atom stereocenters. The van der Waals surface area contributed by atoms with E-state index in [1.54, 1.807) is 7.05 Å². The summed E-state index contributed by atoms with van der Waals surface area (Å²) < 4.78 is 24.2. The SMILES string of the molecule is C.CN[C@@H]1[C@@H](O)[C@@H](O[C@@H]2[C@@H](O)[C@H](O[C@H]3OC(CNCCC4CNCCN4C)=CC[C@H]3N)[C@@H](N)C[C@H]2NC(=O)[C@@H](O)CCN)OC[C@]1(C)O. The molecule has 0 aromatic rings. The molecular weight excluding hydrogens is 628 g/mol. The second-order valence-corrected chi connectivity index (χ2v) is 13.5. The van der Waals surface area contributed by atoms with Crippen LogP contribution in [-0.4, -0.2) is 170 Å². The summed E-state index contributed by atoms with van der Waals surface area (Å²) in [6.07, 6.45) is -5.09. The summed E-state index contributed by atoms with van der Waals surface area (Å²) in [5.41, 5.74) is 17.0. The van der Waals surface area contributed by atoms with Crippen LogP contribution in [0, 0.1) is 0 Å². The highest BCUT2D eigenvalue weighted by atomic mass is 16.7. The van der Waals surface area contributed by atoms with E-state index in [1.165, 1.54) is 6.92 Å². The third-order valence-corrected chi connectivity index (χ3v) is 9.64. The van der Waals surface area contributed by atoms with Crippen LogP contribution in [0.5, 0.6) is 0 Å². The predicted octanol–water partition coefficient (Wildman–Crippen LogP) is -4.42. The van der Waals surface area contributed by atoms with E-state index in [1.807, 2.05) is 6.08 Å². The summed E-state index contributed by atoms with van der Waals surface area (Å²) in [5.74, 6) is -0.0401. The number of hydrogen-bond acceptors (Lipinski definition) is 16. The number of aliphatic hydroxyl groups is 4. The van der Waals surface area contributed by atoms with Crippen molar-refractivity contribution in [3.63, 3.8) is 0 Å². The van der Waals surface area contributed by atoms with Gasteiger partial charge in [-0.2, -0.15) is 0 Å². The number of hydrogen-bond donors (Lipinski definition) is 11. The number of ether oxygens (including phenoxy) is 4. The van der Waals surface area contributed by atoms with Gasteiger partial charge in [-0.1, -0.05) is 7.43 Å². The lowest BCUT2D eigenvalue weighted by Crippen LogP contribution is -2.69. The number of likely N-dealkylation sites (N-methyl/N-ethyl adjacent to an activating group) is 2. The van der Waals surface area contributed by atoms with E-state index >= 15 is 0 Å². The number of nitrogens with two attached hydrogens (primary N) is 3. The van der Waals surface area contributed by atoms with Crippen LogP contribution in [0.25, 0.3) is 0 Å². The largest absolute Gasteiger partial charge is 0.467 e. The zero-order valence-corrected chi connectivity index (χ0v) is 27.8. The van der Waals surface area contributed by atoms with E-state index in [9.17, 15) is 25.2 Å². The Labute approximate surface area is 284 Å². The number of piperazine rings is 1. The number of nitrogens with one attached hydrogen (secondary N) is 4. The summed E-state index contributed by atoms with van der Waals surface area (Å²) >= 11 is 0. The molecule has 13 atom stereocenters. The minimum Gasteiger partial charge on any atom is -0.467 e. The van der Waals surface area contributed by atoms with Gasteiger partial charge in [0.1, 0.15) is 41.9 Å². The van der Waals surface area contributed by atoms with Gasteiger partial charge in [0.05, 0.1) is 31.3 Å². The van der Waals surface area contributed by atoms with Crippen LogP contribution in [0.2, 0.25) is 0 Å². The number of carbonyl (C=O) groups excluding carboxylic acids is 1. The van der Waals surface area contributed by atoms with Gasteiger partial charge in [-0.3, -0.25) is 4.79 Å². The van der Waals surface area contributed by atoms with Gasteiger partial charge in [0, 0.05) is 31.7 Å². The van der Waals surface area contributed by atoms with Gasteiger partial charge in [-0.15, -0.1) is 0 Å². The normalized spacial score (nSPS) is 39.9. The molecule has 280 valence electrons. The van der Waals surface area contributed by atoms with Gasteiger partial charge in [0.2, 0.25) is 12.2 Å². The fraction of sp³-hybridized carbons (Fsp3) is 0.903.